The van der Waals surface area contributed by atoms with Crippen LogP contribution in [0.5, 0.6) is 0 Å². The molecule has 5 aromatic rings. The second-order valence-electron chi connectivity index (χ2n) is 12.0. The Hall–Kier alpha value is -3.66. The van der Waals surface area contributed by atoms with Crippen LogP contribution in [0.3, 0.4) is 0 Å². The summed E-state index contributed by atoms with van der Waals surface area (Å²) in [6.45, 7) is 8.45. The molecule has 184 valence electrons. The standard InChI is InChI=1S/C35H29BO2/c1-33(2)34(3,4)38-36(37-33)24-17-18-31-28(21-24)26-14-8-10-16-30(26)35(31)29-15-9-7-13-25(29)27-19-22-11-5-6-12-23(22)20-32(27)35/h5-21H,1-4H3. The van der Waals surface area contributed by atoms with E-state index in [-0.39, 0.29) is 23.7 Å². The van der Waals surface area contributed by atoms with Gasteiger partial charge in [0.2, 0.25) is 0 Å². The van der Waals surface area contributed by atoms with Crippen LogP contribution in [0.25, 0.3) is 33.0 Å². The van der Waals surface area contributed by atoms with Crippen molar-refractivity contribution in [1.29, 1.82) is 0 Å². The summed E-state index contributed by atoms with van der Waals surface area (Å²) < 4.78 is 12.9. The van der Waals surface area contributed by atoms with Crippen LogP contribution in [-0.2, 0) is 14.7 Å². The van der Waals surface area contributed by atoms with Crippen molar-refractivity contribution < 1.29 is 9.31 Å². The number of hydrogen-bond acceptors (Lipinski definition) is 2. The molecule has 0 radical (unpaired) electrons. The van der Waals surface area contributed by atoms with Gasteiger partial charge in [-0.2, -0.15) is 0 Å². The highest BCUT2D eigenvalue weighted by molar-refractivity contribution is 6.62. The molecule has 3 aliphatic rings. The molecule has 1 heterocycles. The van der Waals surface area contributed by atoms with Gasteiger partial charge in [0.25, 0.3) is 0 Å². The Labute approximate surface area is 224 Å². The minimum Gasteiger partial charge on any atom is -0.399 e. The molecule has 38 heavy (non-hydrogen) atoms. The van der Waals surface area contributed by atoms with E-state index in [0.717, 1.165) is 5.46 Å². The van der Waals surface area contributed by atoms with Gasteiger partial charge >= 0.3 is 7.12 Å². The van der Waals surface area contributed by atoms with Gasteiger partial charge in [-0.3, -0.25) is 0 Å². The second kappa shape index (κ2) is 7.25. The Morgan fingerprint density at radius 3 is 1.61 bits per heavy atom. The fourth-order valence-corrected chi connectivity index (χ4v) is 6.97. The maximum Gasteiger partial charge on any atom is 0.494 e. The van der Waals surface area contributed by atoms with Crippen LogP contribution in [0.15, 0.2) is 103 Å². The van der Waals surface area contributed by atoms with Gasteiger partial charge in [0, 0.05) is 0 Å². The topological polar surface area (TPSA) is 18.5 Å². The minimum absolute atomic E-state index is 0.351. The molecule has 3 heteroatoms. The molecule has 1 saturated heterocycles. The fourth-order valence-electron chi connectivity index (χ4n) is 6.97. The first-order valence-corrected chi connectivity index (χ1v) is 13.5. The summed E-state index contributed by atoms with van der Waals surface area (Å²) in [7, 11) is -0.388. The molecule has 0 amide bonds. The third-order valence-corrected chi connectivity index (χ3v) is 9.51. The van der Waals surface area contributed by atoms with E-state index in [9.17, 15) is 0 Å². The van der Waals surface area contributed by atoms with Gasteiger partial charge < -0.3 is 9.31 Å². The van der Waals surface area contributed by atoms with Crippen LogP contribution in [0, 0.1) is 0 Å². The number of fused-ring (bicyclic) bond motifs is 11. The van der Waals surface area contributed by atoms with E-state index in [4.69, 9.17) is 9.31 Å². The molecule has 1 unspecified atom stereocenters. The normalized spacial score (nSPS) is 21.4. The number of rotatable bonds is 1. The average molecular weight is 492 g/mol. The molecule has 1 spiro atoms. The first-order chi connectivity index (χ1) is 18.3. The lowest BCUT2D eigenvalue weighted by molar-refractivity contribution is 0.00578. The van der Waals surface area contributed by atoms with E-state index >= 15 is 0 Å². The molecule has 2 aliphatic carbocycles. The summed E-state index contributed by atoms with van der Waals surface area (Å²) in [4.78, 5) is 0. The highest BCUT2D eigenvalue weighted by atomic mass is 16.7. The average Bonchev–Trinajstić information content (AvgIpc) is 3.46. The monoisotopic (exact) mass is 492 g/mol. The van der Waals surface area contributed by atoms with Crippen molar-refractivity contribution in [2.45, 2.75) is 44.3 Å². The fraction of sp³-hybridized carbons (Fsp3) is 0.200. The molecule has 0 N–H and O–H groups in total. The van der Waals surface area contributed by atoms with Crippen LogP contribution in [0.1, 0.15) is 49.9 Å². The highest BCUT2D eigenvalue weighted by Gasteiger charge is 2.54. The Bertz CT molecular complexity index is 1780. The zero-order valence-electron chi connectivity index (χ0n) is 22.2. The zero-order chi connectivity index (χ0) is 25.9. The summed E-state index contributed by atoms with van der Waals surface area (Å²) in [5.41, 5.74) is 10.6. The maximum atomic E-state index is 6.45. The predicted octanol–water partition coefficient (Wildman–Crippen LogP) is 7.48. The second-order valence-corrected chi connectivity index (χ2v) is 12.0. The van der Waals surface area contributed by atoms with E-state index < -0.39 is 0 Å². The maximum absolute atomic E-state index is 6.45. The Morgan fingerprint density at radius 2 is 0.974 bits per heavy atom. The lowest BCUT2D eigenvalue weighted by Gasteiger charge is -2.32. The molecule has 0 bridgehead atoms. The van der Waals surface area contributed by atoms with Crippen molar-refractivity contribution in [3.63, 3.8) is 0 Å². The third kappa shape index (κ3) is 2.66. The first kappa shape index (κ1) is 22.3. The van der Waals surface area contributed by atoms with Gasteiger partial charge in [-0.1, -0.05) is 91.0 Å². The minimum atomic E-state index is -0.388. The first-order valence-electron chi connectivity index (χ1n) is 13.5. The Morgan fingerprint density at radius 1 is 0.474 bits per heavy atom. The van der Waals surface area contributed by atoms with Crippen LogP contribution >= 0.6 is 0 Å². The van der Waals surface area contributed by atoms with Gasteiger partial charge in [-0.05, 0) is 101 Å². The van der Waals surface area contributed by atoms with Gasteiger partial charge in [0.1, 0.15) is 0 Å². The SMILES string of the molecule is CC1(C)OB(c2ccc3c(c2)-c2ccccc2C32c3ccccc3-c3cc4ccccc4cc32)OC1(C)C. The Kier molecular flexibility index (Phi) is 4.26. The molecule has 8 rings (SSSR count). The largest absolute Gasteiger partial charge is 0.494 e. The molecule has 0 aromatic heterocycles. The molecule has 0 saturated carbocycles. The van der Waals surface area contributed by atoms with E-state index in [1.165, 1.54) is 55.3 Å². The van der Waals surface area contributed by atoms with Gasteiger partial charge in [0.15, 0.2) is 0 Å². The molecular formula is C35H29BO2. The lowest BCUT2D eigenvalue weighted by atomic mass is 9.69. The molecule has 2 nitrogen and oxygen atoms in total. The van der Waals surface area contributed by atoms with Crippen LogP contribution in [0.4, 0.5) is 0 Å². The van der Waals surface area contributed by atoms with Gasteiger partial charge in [-0.15, -0.1) is 0 Å². The van der Waals surface area contributed by atoms with Crippen LogP contribution in [0.2, 0.25) is 0 Å². The van der Waals surface area contributed by atoms with Crippen molar-refractivity contribution >= 4 is 23.4 Å². The number of hydrogen-bond donors (Lipinski definition) is 0. The van der Waals surface area contributed by atoms with Crippen molar-refractivity contribution in [2.24, 2.45) is 0 Å². The summed E-state index contributed by atoms with van der Waals surface area (Å²) >= 11 is 0. The molecular weight excluding hydrogens is 463 g/mol. The zero-order valence-corrected chi connectivity index (χ0v) is 22.2. The molecule has 5 aromatic carbocycles. The predicted molar refractivity (Wildman–Crippen MR) is 156 cm³/mol. The summed E-state index contributed by atoms with van der Waals surface area (Å²) in [6, 6.07) is 38.3. The lowest BCUT2D eigenvalue weighted by Crippen LogP contribution is -2.41. The van der Waals surface area contributed by atoms with Crippen LogP contribution < -0.4 is 5.46 Å². The highest BCUT2D eigenvalue weighted by Crippen LogP contribution is 2.63. The van der Waals surface area contributed by atoms with Crippen molar-refractivity contribution in [3.05, 3.63) is 125 Å². The van der Waals surface area contributed by atoms with E-state index in [1.54, 1.807) is 0 Å². The third-order valence-electron chi connectivity index (χ3n) is 9.51. The van der Waals surface area contributed by atoms with Crippen molar-refractivity contribution in [3.8, 4) is 22.3 Å². The molecule has 1 atom stereocenters. The summed E-state index contributed by atoms with van der Waals surface area (Å²) in [5, 5.41) is 2.55. The summed E-state index contributed by atoms with van der Waals surface area (Å²) in [6.07, 6.45) is 0. The van der Waals surface area contributed by atoms with Gasteiger partial charge in [0.05, 0.1) is 16.6 Å². The molecule has 1 fully saturated rings. The van der Waals surface area contributed by atoms with E-state index in [1.807, 2.05) is 0 Å². The molecule has 1 aliphatic heterocycles. The van der Waals surface area contributed by atoms with E-state index in [2.05, 4.69) is 131 Å². The van der Waals surface area contributed by atoms with E-state index in [0.29, 0.717) is 0 Å². The number of benzene rings is 5. The van der Waals surface area contributed by atoms with Crippen molar-refractivity contribution in [2.75, 3.05) is 0 Å². The smallest absolute Gasteiger partial charge is 0.399 e. The Balaban J connectivity index is 1.42. The van der Waals surface area contributed by atoms with Crippen molar-refractivity contribution in [1.82, 2.24) is 0 Å². The quantitative estimate of drug-likeness (QED) is 0.221. The van der Waals surface area contributed by atoms with Crippen LogP contribution in [-0.4, -0.2) is 18.3 Å². The van der Waals surface area contributed by atoms with Gasteiger partial charge in [-0.25, -0.2) is 0 Å². The summed E-state index contributed by atoms with van der Waals surface area (Å²) in [5.74, 6) is 0.